The highest BCUT2D eigenvalue weighted by Gasteiger charge is 2.18. The third-order valence-electron chi connectivity index (χ3n) is 9.48. The molecule has 0 saturated carbocycles. The van der Waals surface area contributed by atoms with Gasteiger partial charge in [0.25, 0.3) is 0 Å². The van der Waals surface area contributed by atoms with Gasteiger partial charge in [0.1, 0.15) is 11.5 Å². The van der Waals surface area contributed by atoms with E-state index in [0.717, 1.165) is 91.3 Å². The van der Waals surface area contributed by atoms with Gasteiger partial charge in [0.15, 0.2) is 0 Å². The van der Waals surface area contributed by atoms with Gasteiger partial charge in [0.2, 0.25) is 0 Å². The van der Waals surface area contributed by atoms with Crippen molar-refractivity contribution in [2.24, 2.45) is 9.98 Å². The van der Waals surface area contributed by atoms with Gasteiger partial charge in [-0.2, -0.15) is 0 Å². The van der Waals surface area contributed by atoms with E-state index >= 15 is 0 Å². The first-order valence-electron chi connectivity index (χ1n) is 17.7. The van der Waals surface area contributed by atoms with Crippen molar-refractivity contribution in [3.05, 3.63) is 153 Å². The van der Waals surface area contributed by atoms with E-state index in [1.807, 2.05) is 74.6 Å². The molecule has 2 heterocycles. The highest BCUT2D eigenvalue weighted by atomic mass is 16.5. The molecule has 6 rings (SSSR count). The van der Waals surface area contributed by atoms with Crippen molar-refractivity contribution < 1.29 is 19.1 Å². The average molecular weight is 689 g/mol. The topological polar surface area (TPSA) is 77.3 Å². The number of rotatable bonds is 9. The Bertz CT molecular complexity index is 2030. The first-order valence-corrected chi connectivity index (χ1v) is 17.7. The molecule has 2 aromatic carbocycles. The predicted octanol–water partition coefficient (Wildman–Crippen LogP) is 10.2. The Kier molecular flexibility index (Phi) is 11.0. The summed E-state index contributed by atoms with van der Waals surface area (Å²) in [6, 6.07) is 7.60. The number of carbonyl (C=O) groups excluding carboxylic acids is 2. The number of esters is 2. The largest absolute Gasteiger partial charge is 0.426 e. The molecule has 52 heavy (non-hydrogen) atoms. The lowest BCUT2D eigenvalue weighted by atomic mass is 9.97. The molecule has 0 unspecified atom stereocenters. The minimum atomic E-state index is -0.351. The van der Waals surface area contributed by atoms with Gasteiger partial charge in [-0.3, -0.25) is 19.6 Å². The van der Waals surface area contributed by atoms with Crippen LogP contribution < -0.4 is 9.47 Å². The molecule has 262 valence electrons. The fourth-order valence-electron chi connectivity index (χ4n) is 6.09. The molecule has 2 aromatic rings. The molecule has 6 heteroatoms. The van der Waals surface area contributed by atoms with Gasteiger partial charge in [-0.25, -0.2) is 0 Å². The Hall–Kier alpha value is -5.88. The van der Waals surface area contributed by atoms with E-state index in [1.54, 1.807) is 0 Å². The molecule has 4 bridgehead atoms. The monoisotopic (exact) mass is 688 g/mol. The van der Waals surface area contributed by atoms with Crippen LogP contribution in [0, 0.1) is 13.8 Å². The molecule has 0 radical (unpaired) electrons. The minimum Gasteiger partial charge on any atom is -0.426 e. The summed E-state index contributed by atoms with van der Waals surface area (Å²) in [5.74, 6) is 0.282. The Labute approximate surface area is 306 Å². The molecule has 0 amide bonds. The third kappa shape index (κ3) is 9.07. The summed E-state index contributed by atoms with van der Waals surface area (Å²) in [6.45, 7) is 18.1. The molecule has 0 atom stereocenters. The molecule has 0 aromatic heterocycles. The van der Waals surface area contributed by atoms with Crippen LogP contribution in [0.25, 0.3) is 24.3 Å². The average Bonchev–Trinajstić information content (AvgIpc) is 4.04. The van der Waals surface area contributed by atoms with Crippen molar-refractivity contribution in [1.82, 2.24) is 0 Å². The second-order valence-corrected chi connectivity index (χ2v) is 13.4. The maximum absolute atomic E-state index is 13.0. The minimum absolute atomic E-state index is 0.177. The number of unbranched alkanes of at least 4 members (excludes halogenated alkanes) is 1. The molecule has 0 spiro atoms. The van der Waals surface area contributed by atoms with Gasteiger partial charge in [-0.05, 0) is 97.2 Å². The molecule has 2 aliphatic carbocycles. The van der Waals surface area contributed by atoms with Crippen LogP contribution >= 0.6 is 0 Å². The van der Waals surface area contributed by atoms with Gasteiger partial charge in [-0.1, -0.05) is 98.2 Å². The van der Waals surface area contributed by atoms with Gasteiger partial charge < -0.3 is 9.47 Å². The molecule has 0 fully saturated rings. The van der Waals surface area contributed by atoms with Crippen molar-refractivity contribution in [3.63, 3.8) is 0 Å². The van der Waals surface area contributed by atoms with Gasteiger partial charge in [0, 0.05) is 35.1 Å². The third-order valence-corrected chi connectivity index (χ3v) is 9.48. The van der Waals surface area contributed by atoms with Gasteiger partial charge >= 0.3 is 11.9 Å². The van der Waals surface area contributed by atoms with E-state index in [1.165, 1.54) is 0 Å². The molecular formula is C46H44N2O4. The lowest BCUT2D eigenvalue weighted by Gasteiger charge is -2.14. The molecule has 0 saturated heterocycles. The van der Waals surface area contributed by atoms with Crippen molar-refractivity contribution in [1.29, 1.82) is 0 Å². The Morgan fingerprint density at radius 1 is 0.558 bits per heavy atom. The second kappa shape index (κ2) is 16.0. The smallest absolute Gasteiger partial charge is 0.311 e. The fourth-order valence-corrected chi connectivity index (χ4v) is 6.09. The molecule has 4 aliphatic rings. The molecule has 6 nitrogen and oxygen atoms in total. The summed E-state index contributed by atoms with van der Waals surface area (Å²) < 4.78 is 11.7. The number of allylic oxidation sites excluding steroid dienone is 12. The van der Waals surface area contributed by atoms with Crippen molar-refractivity contribution in [2.45, 2.75) is 53.4 Å². The number of hydrogen-bond acceptors (Lipinski definition) is 6. The van der Waals surface area contributed by atoms with Crippen LogP contribution in [0.1, 0.15) is 72.9 Å². The summed E-state index contributed by atoms with van der Waals surface area (Å²) in [4.78, 5) is 34.7. The number of aliphatic imine (C=N–C) groups is 2. The normalized spacial score (nSPS) is 16.5. The first-order chi connectivity index (χ1) is 25.1. The van der Waals surface area contributed by atoms with E-state index in [9.17, 15) is 9.59 Å². The van der Waals surface area contributed by atoms with Gasteiger partial charge in [0.05, 0.1) is 24.5 Å². The quantitative estimate of drug-likeness (QED) is 0.149. The van der Waals surface area contributed by atoms with E-state index in [0.29, 0.717) is 24.3 Å². The number of hydrogen-bond donors (Lipinski definition) is 0. The number of nitrogens with zero attached hydrogens (tertiary/aromatic N) is 2. The van der Waals surface area contributed by atoms with Crippen molar-refractivity contribution in [3.8, 4) is 11.5 Å². The SMILES string of the molecule is C=C1C=CC(C2=NC2)=C(C)C=Cc2ccc(OC(=O)CCCCC(=O)Oc3ccc4c(C)c3C=CC(=C)C=CC(C3=NC3)=C(C)C=C4)c(c2C)C=C1. The van der Waals surface area contributed by atoms with Crippen LogP contribution in [-0.4, -0.2) is 36.5 Å². The highest BCUT2D eigenvalue weighted by molar-refractivity contribution is 6.13. The first kappa shape index (κ1) is 35.9. The summed E-state index contributed by atoms with van der Waals surface area (Å²) >= 11 is 0. The van der Waals surface area contributed by atoms with E-state index in [2.05, 4.69) is 73.4 Å². The summed E-state index contributed by atoms with van der Waals surface area (Å²) in [5.41, 5.74) is 14.1. The number of carbonyl (C=O) groups is 2. The van der Waals surface area contributed by atoms with Crippen LogP contribution in [-0.2, 0) is 9.59 Å². The van der Waals surface area contributed by atoms with Crippen molar-refractivity contribution >= 4 is 47.7 Å². The van der Waals surface area contributed by atoms with Crippen LogP contribution in [0.15, 0.2) is 129 Å². The van der Waals surface area contributed by atoms with E-state index < -0.39 is 0 Å². The summed E-state index contributed by atoms with van der Waals surface area (Å²) in [6.07, 6.45) is 25.5. The highest BCUT2D eigenvalue weighted by Crippen LogP contribution is 2.32. The Morgan fingerprint density at radius 3 is 1.33 bits per heavy atom. The summed E-state index contributed by atoms with van der Waals surface area (Å²) in [7, 11) is 0. The standard InChI is InChI=1S/C46H44N2O4/c1-29-11-21-37(41-27-47-41)31(3)15-17-35-19-25-43(39(23-13-29)33(35)5)51-45(49)9-7-8-10-46(50)52-44-26-20-36-18-16-32(4)38(42-28-48-42)22-12-30(2)14-24-40(44)34(36)6/h11-26H,1-2,7-10,27-28H2,3-6H3. The zero-order valence-corrected chi connectivity index (χ0v) is 30.4. The Morgan fingerprint density at radius 2 is 0.942 bits per heavy atom. The molecular weight excluding hydrogens is 645 g/mol. The Balaban J connectivity index is 1.07. The van der Waals surface area contributed by atoms with Crippen LogP contribution in [0.5, 0.6) is 11.5 Å². The predicted molar refractivity (Wildman–Crippen MR) is 215 cm³/mol. The maximum atomic E-state index is 13.0. The number of fused-ring (bicyclic) bond motifs is 4. The second-order valence-electron chi connectivity index (χ2n) is 13.4. The maximum Gasteiger partial charge on any atom is 0.311 e. The lowest BCUT2D eigenvalue weighted by Crippen LogP contribution is -2.11. The zero-order valence-electron chi connectivity index (χ0n) is 30.4. The zero-order chi connectivity index (χ0) is 36.8. The van der Waals surface area contributed by atoms with Crippen LogP contribution in [0.2, 0.25) is 0 Å². The summed E-state index contributed by atoms with van der Waals surface area (Å²) in [5, 5.41) is 0. The fraction of sp³-hybridized carbons (Fsp3) is 0.217. The van der Waals surface area contributed by atoms with E-state index in [4.69, 9.17) is 9.47 Å². The van der Waals surface area contributed by atoms with Crippen LogP contribution in [0.3, 0.4) is 0 Å². The lowest BCUT2D eigenvalue weighted by molar-refractivity contribution is -0.136. The molecule has 2 aliphatic heterocycles. The molecule has 0 N–H and O–H groups in total. The number of ether oxygens (including phenoxy) is 2. The number of benzene rings is 2. The van der Waals surface area contributed by atoms with Crippen molar-refractivity contribution in [2.75, 3.05) is 13.1 Å². The van der Waals surface area contributed by atoms with Crippen LogP contribution in [0.4, 0.5) is 0 Å². The van der Waals surface area contributed by atoms with E-state index in [-0.39, 0.29) is 24.8 Å². The van der Waals surface area contributed by atoms with Gasteiger partial charge in [-0.15, -0.1) is 0 Å².